The Morgan fingerprint density at radius 2 is 1.80 bits per heavy atom. The molecule has 1 N–H and O–H groups in total. The van der Waals surface area contributed by atoms with Crippen molar-refractivity contribution in [3.05, 3.63) is 99.4 Å². The van der Waals surface area contributed by atoms with Gasteiger partial charge in [0.05, 0.1) is 29.8 Å². The van der Waals surface area contributed by atoms with E-state index in [4.69, 9.17) is 11.4 Å². The van der Waals surface area contributed by atoms with Crippen LogP contribution in [-0.2, 0) is 17.9 Å². The molecule has 4 aromatic heterocycles. The van der Waals surface area contributed by atoms with Gasteiger partial charge in [0.25, 0.3) is 11.5 Å². The Kier molecular flexibility index (Phi) is 9.11. The second-order valence-electron chi connectivity index (χ2n) is 13.4. The van der Waals surface area contributed by atoms with Gasteiger partial charge < -0.3 is 19.5 Å². The predicted octanol–water partition coefficient (Wildman–Crippen LogP) is 4.27. The summed E-state index contributed by atoms with van der Waals surface area (Å²) in [6.45, 7) is 5.80. The Morgan fingerprint density at radius 3 is 2.52 bits per heavy atom. The van der Waals surface area contributed by atoms with Gasteiger partial charge in [0.15, 0.2) is 0 Å². The van der Waals surface area contributed by atoms with Crippen LogP contribution < -0.4 is 5.56 Å². The highest BCUT2D eigenvalue weighted by Gasteiger charge is 2.42. The minimum atomic E-state index is -1.16. The molecular weight excluding hydrogens is 651 g/mol. The molecule has 2 aliphatic rings. The van der Waals surface area contributed by atoms with Crippen LogP contribution >= 0.6 is 11.3 Å². The summed E-state index contributed by atoms with van der Waals surface area (Å²) in [6.07, 6.45) is 11.6. The number of likely N-dealkylation sites (tertiary alicyclic amines) is 2. The van der Waals surface area contributed by atoms with Crippen LogP contribution in [0.3, 0.4) is 0 Å². The van der Waals surface area contributed by atoms with E-state index < -0.39 is 5.60 Å². The van der Waals surface area contributed by atoms with Crippen molar-refractivity contribution in [2.75, 3.05) is 26.2 Å². The summed E-state index contributed by atoms with van der Waals surface area (Å²) < 4.78 is 3.19. The molecule has 2 amide bonds. The Morgan fingerprint density at radius 1 is 1.02 bits per heavy atom. The number of fused-ring (bicyclic) bond motifs is 1. The highest BCUT2D eigenvalue weighted by atomic mass is 32.1. The van der Waals surface area contributed by atoms with E-state index in [0.717, 1.165) is 21.8 Å². The third-order valence-electron chi connectivity index (χ3n) is 10.1. The number of piperidine rings is 2. The number of aliphatic hydroxyl groups is 1. The highest BCUT2D eigenvalue weighted by molar-refractivity contribution is 7.17. The summed E-state index contributed by atoms with van der Waals surface area (Å²) in [6, 6.07) is 15.5. The third kappa shape index (κ3) is 6.46. The largest absolute Gasteiger partial charge is 0.388 e. The van der Waals surface area contributed by atoms with Crippen LogP contribution in [-0.4, -0.2) is 82.6 Å². The minimum absolute atomic E-state index is 0.0336. The molecule has 7 rings (SSSR count). The van der Waals surface area contributed by atoms with E-state index in [1.807, 2.05) is 66.1 Å². The number of nitrogens with zero attached hydrogens (tertiary/aromatic N) is 7. The number of terminal acetylenes is 1. The molecule has 1 aromatic carbocycles. The molecular formula is C38H39N7O4S. The Labute approximate surface area is 294 Å². The minimum Gasteiger partial charge on any atom is -0.388 e. The zero-order valence-electron chi connectivity index (χ0n) is 28.2. The van der Waals surface area contributed by atoms with Gasteiger partial charge in [-0.15, -0.1) is 17.8 Å². The first-order valence-corrected chi connectivity index (χ1v) is 17.7. The van der Waals surface area contributed by atoms with Crippen molar-refractivity contribution in [2.24, 2.45) is 5.92 Å². The van der Waals surface area contributed by atoms with E-state index in [-0.39, 0.29) is 35.8 Å². The summed E-state index contributed by atoms with van der Waals surface area (Å²) in [5, 5.41) is 12.8. The second-order valence-corrected chi connectivity index (χ2v) is 14.4. The number of amides is 2. The molecule has 2 saturated heterocycles. The normalized spacial score (nSPS) is 19.0. The molecule has 256 valence electrons. The maximum Gasteiger partial charge on any atom is 0.265 e. The summed E-state index contributed by atoms with van der Waals surface area (Å²) in [5.41, 5.74) is 2.62. The predicted molar refractivity (Wildman–Crippen MR) is 192 cm³/mol. The van der Waals surface area contributed by atoms with Crippen molar-refractivity contribution in [3.63, 3.8) is 0 Å². The lowest BCUT2D eigenvalue weighted by Crippen LogP contribution is -2.53. The van der Waals surface area contributed by atoms with Crippen molar-refractivity contribution in [3.8, 4) is 22.9 Å². The number of aryl methyl sites for hydroxylation is 2. The number of hydrogen-bond donors (Lipinski definition) is 1. The smallest absolute Gasteiger partial charge is 0.265 e. The molecule has 0 unspecified atom stereocenters. The fraction of sp³-hybridized carbons (Fsp3) is 0.368. The third-order valence-corrected chi connectivity index (χ3v) is 11.3. The molecule has 0 spiro atoms. The second kappa shape index (κ2) is 13.7. The number of carbonyl (C=O) groups excluding carboxylic acids is 2. The van der Waals surface area contributed by atoms with Gasteiger partial charge >= 0.3 is 0 Å². The average Bonchev–Trinajstić information content (AvgIpc) is 3.73. The van der Waals surface area contributed by atoms with Gasteiger partial charge in [-0.1, -0.05) is 36.3 Å². The molecule has 0 saturated carbocycles. The van der Waals surface area contributed by atoms with E-state index in [1.54, 1.807) is 23.0 Å². The molecule has 2 aliphatic heterocycles. The van der Waals surface area contributed by atoms with Gasteiger partial charge in [0, 0.05) is 61.7 Å². The lowest BCUT2D eigenvalue weighted by atomic mass is 9.79. The van der Waals surface area contributed by atoms with Gasteiger partial charge in [-0.05, 0) is 56.9 Å². The SMILES string of the molecule is C#CCn1ccc2c(=O)n(CC3(O)CCN(C(=O)[C@@H]4CCN(C(=O)c5sc(-c6ccc(C)nc6)nc5C)C[C@H]4c4ccccc4)CC3)cnc21. The Hall–Kier alpha value is -5.12. The standard InChI is InChI=1S/C38H39N7O4S/c1-4-16-42-17-13-30-33(42)40-24-45(36(30)47)23-38(49)14-19-43(20-15-38)35(46)29-12-18-44(22-31(29)27-8-6-5-7-9-27)37(48)32-26(3)41-34(50-32)28-11-10-25(2)39-21-28/h1,5-11,13,17,21,24,29,31,49H,12,14-16,18-20,22-23H2,2-3H3/t29-,31+/m1/s1. The van der Waals surface area contributed by atoms with Crippen molar-refractivity contribution >= 4 is 34.2 Å². The number of benzene rings is 1. The van der Waals surface area contributed by atoms with Crippen LogP contribution in [0.25, 0.3) is 21.6 Å². The van der Waals surface area contributed by atoms with Crippen LogP contribution in [0.5, 0.6) is 0 Å². The van der Waals surface area contributed by atoms with Gasteiger partial charge in [-0.25, -0.2) is 9.97 Å². The fourth-order valence-corrected chi connectivity index (χ4v) is 8.25. The number of pyridine rings is 1. The number of aromatic nitrogens is 5. The lowest BCUT2D eigenvalue weighted by Gasteiger charge is -2.43. The van der Waals surface area contributed by atoms with Crippen LogP contribution in [0, 0.1) is 32.1 Å². The number of rotatable bonds is 7. The van der Waals surface area contributed by atoms with Gasteiger partial charge in [-0.2, -0.15) is 0 Å². The molecule has 6 heterocycles. The van der Waals surface area contributed by atoms with Gasteiger partial charge in [0.2, 0.25) is 5.91 Å². The van der Waals surface area contributed by atoms with Gasteiger partial charge in [0.1, 0.15) is 21.9 Å². The van der Waals surface area contributed by atoms with Crippen molar-refractivity contribution in [1.29, 1.82) is 0 Å². The van der Waals surface area contributed by atoms with E-state index in [1.165, 1.54) is 22.2 Å². The molecule has 50 heavy (non-hydrogen) atoms. The van der Waals surface area contributed by atoms with E-state index in [9.17, 15) is 19.5 Å². The monoisotopic (exact) mass is 689 g/mol. The zero-order chi connectivity index (χ0) is 35.0. The number of thiazole rings is 1. The first-order chi connectivity index (χ1) is 24.1. The van der Waals surface area contributed by atoms with E-state index in [2.05, 4.69) is 15.9 Å². The summed E-state index contributed by atoms with van der Waals surface area (Å²) in [5.74, 6) is 2.02. The molecule has 2 atom stereocenters. The maximum atomic E-state index is 14.2. The highest BCUT2D eigenvalue weighted by Crippen LogP contribution is 2.37. The molecule has 11 nitrogen and oxygen atoms in total. The molecule has 5 aromatic rings. The van der Waals surface area contributed by atoms with E-state index in [0.29, 0.717) is 73.6 Å². The quantitative estimate of drug-likeness (QED) is 0.253. The Balaban J connectivity index is 1.04. The first kappa shape index (κ1) is 33.4. The number of carbonyl (C=O) groups is 2. The number of hydrogen-bond acceptors (Lipinski definition) is 8. The van der Waals surface area contributed by atoms with Crippen molar-refractivity contribution < 1.29 is 14.7 Å². The molecule has 0 bridgehead atoms. The molecule has 0 aliphatic carbocycles. The lowest BCUT2D eigenvalue weighted by molar-refractivity contribution is -0.142. The fourth-order valence-electron chi connectivity index (χ4n) is 7.22. The summed E-state index contributed by atoms with van der Waals surface area (Å²) >= 11 is 1.38. The zero-order valence-corrected chi connectivity index (χ0v) is 29.0. The van der Waals surface area contributed by atoms with E-state index >= 15 is 0 Å². The Bertz CT molecular complexity index is 2140. The molecule has 0 radical (unpaired) electrons. The van der Waals surface area contributed by atoms with Crippen LogP contribution in [0.2, 0.25) is 0 Å². The topological polar surface area (TPSA) is 126 Å². The summed E-state index contributed by atoms with van der Waals surface area (Å²) in [7, 11) is 0. The maximum absolute atomic E-state index is 14.2. The first-order valence-electron chi connectivity index (χ1n) is 16.9. The van der Waals surface area contributed by atoms with Gasteiger partial charge in [-0.3, -0.25) is 23.9 Å². The molecule has 12 heteroatoms. The molecule has 2 fully saturated rings. The average molecular weight is 690 g/mol. The summed E-state index contributed by atoms with van der Waals surface area (Å²) in [4.78, 5) is 59.2. The van der Waals surface area contributed by atoms with Crippen LogP contribution in [0.15, 0.2) is 72.0 Å². The van der Waals surface area contributed by atoms with Crippen molar-refractivity contribution in [2.45, 2.75) is 57.7 Å². The van der Waals surface area contributed by atoms with Crippen LogP contribution in [0.1, 0.15) is 51.8 Å². The van der Waals surface area contributed by atoms with Crippen LogP contribution in [0.4, 0.5) is 0 Å². The van der Waals surface area contributed by atoms with Crippen molar-refractivity contribution in [1.82, 2.24) is 33.9 Å².